The Balaban J connectivity index is 1.76. The summed E-state index contributed by atoms with van der Waals surface area (Å²) in [4.78, 5) is 27.2. The first-order valence-corrected chi connectivity index (χ1v) is 11.7. The number of likely N-dealkylation sites (N-methyl/N-ethyl adjacent to an activating group) is 1. The molecule has 3 rings (SSSR count). The smallest absolute Gasteiger partial charge is 0.254 e. The minimum atomic E-state index is -0.308. The van der Waals surface area contributed by atoms with E-state index in [1.807, 2.05) is 42.5 Å². The molecule has 6 nitrogen and oxygen atoms in total. The van der Waals surface area contributed by atoms with Gasteiger partial charge in [-0.2, -0.15) is 5.10 Å². The third-order valence-corrected chi connectivity index (χ3v) is 5.79. The Bertz CT molecular complexity index is 1170. The van der Waals surface area contributed by atoms with E-state index in [0.29, 0.717) is 16.4 Å². The lowest BCUT2D eigenvalue weighted by molar-refractivity contribution is -0.116. The molecule has 180 valence electrons. The molecule has 0 saturated heterocycles. The number of rotatable bonds is 5. The summed E-state index contributed by atoms with van der Waals surface area (Å²) in [5.41, 5.74) is 3.11. The van der Waals surface area contributed by atoms with E-state index in [1.165, 1.54) is 4.90 Å². The van der Waals surface area contributed by atoms with Crippen molar-refractivity contribution in [1.82, 2.24) is 14.7 Å². The summed E-state index contributed by atoms with van der Waals surface area (Å²) in [6.45, 7) is 12.5. The number of amides is 2. The molecule has 0 fully saturated rings. The van der Waals surface area contributed by atoms with Crippen LogP contribution in [0, 0.1) is 0 Å². The zero-order chi connectivity index (χ0) is 25.3. The molecule has 0 bridgehead atoms. The number of nitrogens with zero attached hydrogens (tertiary/aromatic N) is 3. The Labute approximate surface area is 206 Å². The monoisotopic (exact) mass is 480 g/mol. The van der Waals surface area contributed by atoms with Crippen LogP contribution in [0.3, 0.4) is 0 Å². The van der Waals surface area contributed by atoms with Crippen molar-refractivity contribution in [1.29, 1.82) is 0 Å². The van der Waals surface area contributed by atoms with Crippen LogP contribution >= 0.6 is 11.6 Å². The van der Waals surface area contributed by atoms with E-state index in [2.05, 4.69) is 46.9 Å². The normalized spacial score (nSPS) is 11.9. The lowest BCUT2D eigenvalue weighted by Crippen LogP contribution is -2.35. The van der Waals surface area contributed by atoms with Gasteiger partial charge in [-0.3, -0.25) is 9.59 Å². The molecule has 0 aliphatic heterocycles. The molecule has 1 aromatic heterocycles. The third-order valence-electron chi connectivity index (χ3n) is 5.54. The fourth-order valence-corrected chi connectivity index (χ4v) is 3.54. The maximum atomic E-state index is 12.9. The Kier molecular flexibility index (Phi) is 7.22. The van der Waals surface area contributed by atoms with E-state index in [9.17, 15) is 9.59 Å². The lowest BCUT2D eigenvalue weighted by atomic mass is 9.86. The van der Waals surface area contributed by atoms with Gasteiger partial charge < -0.3 is 10.2 Å². The summed E-state index contributed by atoms with van der Waals surface area (Å²) in [5, 5.41) is 8.24. The van der Waals surface area contributed by atoms with Crippen LogP contribution in [-0.4, -0.2) is 40.1 Å². The van der Waals surface area contributed by atoms with Gasteiger partial charge in [-0.15, -0.1) is 0 Å². The van der Waals surface area contributed by atoms with E-state index in [4.69, 9.17) is 16.7 Å². The van der Waals surface area contributed by atoms with Crippen molar-refractivity contribution >= 4 is 29.2 Å². The zero-order valence-corrected chi connectivity index (χ0v) is 21.7. The molecule has 0 unspecified atom stereocenters. The largest absolute Gasteiger partial charge is 0.332 e. The van der Waals surface area contributed by atoms with Crippen molar-refractivity contribution < 1.29 is 9.59 Å². The van der Waals surface area contributed by atoms with Gasteiger partial charge >= 0.3 is 0 Å². The Morgan fingerprint density at radius 2 is 1.53 bits per heavy atom. The minimum absolute atomic E-state index is 0.00626. The molecule has 3 aromatic rings. The molecule has 0 spiro atoms. The van der Waals surface area contributed by atoms with Crippen molar-refractivity contribution in [2.75, 3.05) is 18.9 Å². The average Bonchev–Trinajstić information content (AvgIpc) is 3.17. The number of hydrogen-bond acceptors (Lipinski definition) is 3. The number of benzene rings is 2. The molecule has 34 heavy (non-hydrogen) atoms. The van der Waals surface area contributed by atoms with Crippen molar-refractivity contribution in [3.05, 3.63) is 76.4 Å². The fourth-order valence-electron chi connectivity index (χ4n) is 3.42. The van der Waals surface area contributed by atoms with E-state index in [1.54, 1.807) is 23.9 Å². The SMILES string of the molecule is CN(CC(=O)Nc1cc(C(C)(C)C)nn1-c1ccc(Cl)cc1)C(=O)c1ccc(C(C)(C)C)cc1. The van der Waals surface area contributed by atoms with Crippen LogP contribution in [0.15, 0.2) is 54.6 Å². The highest BCUT2D eigenvalue weighted by atomic mass is 35.5. The molecule has 7 heteroatoms. The molecular formula is C27H33ClN4O2. The first kappa shape index (κ1) is 25.5. The second-order valence-electron chi connectivity index (χ2n) is 10.6. The van der Waals surface area contributed by atoms with Crippen LogP contribution in [-0.2, 0) is 15.6 Å². The van der Waals surface area contributed by atoms with Crippen LogP contribution in [0.1, 0.15) is 63.2 Å². The predicted molar refractivity (Wildman–Crippen MR) is 138 cm³/mol. The van der Waals surface area contributed by atoms with Crippen LogP contribution in [0.2, 0.25) is 5.02 Å². The summed E-state index contributed by atoms with van der Waals surface area (Å²) >= 11 is 6.03. The highest BCUT2D eigenvalue weighted by Crippen LogP contribution is 2.27. The molecule has 2 aromatic carbocycles. The zero-order valence-electron chi connectivity index (χ0n) is 20.9. The van der Waals surface area contributed by atoms with Crippen LogP contribution < -0.4 is 5.32 Å². The van der Waals surface area contributed by atoms with Crippen molar-refractivity contribution in [3.8, 4) is 5.69 Å². The summed E-state index contributed by atoms with van der Waals surface area (Å²) < 4.78 is 1.68. The Hall–Kier alpha value is -3.12. The van der Waals surface area contributed by atoms with Gasteiger partial charge in [-0.05, 0) is 47.4 Å². The predicted octanol–water partition coefficient (Wildman–Crippen LogP) is 5.83. The van der Waals surface area contributed by atoms with Crippen molar-refractivity contribution in [2.45, 2.75) is 52.4 Å². The quantitative estimate of drug-likeness (QED) is 0.499. The lowest BCUT2D eigenvalue weighted by Gasteiger charge is -2.20. The Morgan fingerprint density at radius 1 is 0.941 bits per heavy atom. The van der Waals surface area contributed by atoms with Gasteiger partial charge in [0, 0.05) is 29.1 Å². The number of hydrogen-bond donors (Lipinski definition) is 1. The molecule has 1 heterocycles. The Morgan fingerprint density at radius 3 is 2.06 bits per heavy atom. The van der Waals surface area contributed by atoms with Gasteiger partial charge in [-0.25, -0.2) is 4.68 Å². The van der Waals surface area contributed by atoms with Gasteiger partial charge in [0.25, 0.3) is 5.91 Å². The van der Waals surface area contributed by atoms with Crippen LogP contribution in [0.4, 0.5) is 5.82 Å². The fraction of sp³-hybridized carbons (Fsp3) is 0.370. The number of aromatic nitrogens is 2. The molecule has 0 aliphatic rings. The van der Waals surface area contributed by atoms with Gasteiger partial charge in [0.2, 0.25) is 5.91 Å². The van der Waals surface area contributed by atoms with Crippen molar-refractivity contribution in [2.24, 2.45) is 0 Å². The maximum absolute atomic E-state index is 12.9. The van der Waals surface area contributed by atoms with Crippen LogP contribution in [0.25, 0.3) is 5.69 Å². The van der Waals surface area contributed by atoms with Gasteiger partial charge in [-0.1, -0.05) is 65.3 Å². The second-order valence-corrected chi connectivity index (χ2v) is 11.0. The third kappa shape index (κ3) is 6.06. The summed E-state index contributed by atoms with van der Waals surface area (Å²) in [7, 11) is 1.62. The molecule has 0 radical (unpaired) electrons. The summed E-state index contributed by atoms with van der Waals surface area (Å²) in [5.74, 6) is 0.0163. The second kappa shape index (κ2) is 9.63. The number of anilines is 1. The van der Waals surface area contributed by atoms with Crippen LogP contribution in [0.5, 0.6) is 0 Å². The summed E-state index contributed by atoms with van der Waals surface area (Å²) in [6.07, 6.45) is 0. The number of halogens is 1. The highest BCUT2D eigenvalue weighted by molar-refractivity contribution is 6.30. The van der Waals surface area contributed by atoms with E-state index in [-0.39, 0.29) is 29.2 Å². The number of carbonyl (C=O) groups excluding carboxylic acids is 2. The van der Waals surface area contributed by atoms with Gasteiger partial charge in [0.15, 0.2) is 0 Å². The molecule has 0 aliphatic carbocycles. The van der Waals surface area contributed by atoms with E-state index < -0.39 is 0 Å². The van der Waals surface area contributed by atoms with E-state index >= 15 is 0 Å². The first-order valence-electron chi connectivity index (χ1n) is 11.3. The highest BCUT2D eigenvalue weighted by Gasteiger charge is 2.23. The number of nitrogens with one attached hydrogen (secondary N) is 1. The molecule has 2 amide bonds. The summed E-state index contributed by atoms with van der Waals surface area (Å²) in [6, 6.07) is 16.6. The van der Waals surface area contributed by atoms with Gasteiger partial charge in [0.05, 0.1) is 17.9 Å². The molecule has 0 saturated carbocycles. The molecular weight excluding hydrogens is 448 g/mol. The molecule has 0 atom stereocenters. The average molecular weight is 481 g/mol. The van der Waals surface area contributed by atoms with E-state index in [0.717, 1.165) is 16.9 Å². The minimum Gasteiger partial charge on any atom is -0.332 e. The standard InChI is InChI=1S/C27H33ClN4O2/c1-26(2,3)19-10-8-18(9-11-19)25(34)31(7)17-24(33)29-23-16-22(27(4,5)6)30-32(23)21-14-12-20(28)13-15-21/h8-16H,17H2,1-7H3,(H,29,33). The first-order chi connectivity index (χ1) is 15.8. The van der Waals surface area contributed by atoms with Crippen molar-refractivity contribution in [3.63, 3.8) is 0 Å². The molecule has 1 N–H and O–H groups in total. The maximum Gasteiger partial charge on any atom is 0.254 e. The van der Waals surface area contributed by atoms with Gasteiger partial charge in [0.1, 0.15) is 5.82 Å². The topological polar surface area (TPSA) is 67.2 Å². The number of carbonyl (C=O) groups is 2.